The van der Waals surface area contributed by atoms with Crippen LogP contribution in [0.25, 0.3) is 0 Å². The van der Waals surface area contributed by atoms with Gasteiger partial charge in [0.25, 0.3) is 0 Å². The van der Waals surface area contributed by atoms with Crippen molar-refractivity contribution in [1.29, 1.82) is 0 Å². The van der Waals surface area contributed by atoms with Gasteiger partial charge < -0.3 is 20.3 Å². The molecule has 0 heterocycles. The molecule has 0 bridgehead atoms. The van der Waals surface area contributed by atoms with Gasteiger partial charge in [-0.25, -0.2) is 0 Å². The van der Waals surface area contributed by atoms with Crippen LogP contribution in [0.15, 0.2) is 12.2 Å². The Morgan fingerprint density at radius 3 is 0.829 bits per heavy atom. The lowest BCUT2D eigenvalue weighted by Crippen LogP contribution is -2.45. The normalized spacial score (nSPS) is 12.5. The summed E-state index contributed by atoms with van der Waals surface area (Å²) >= 11 is 0. The number of nitrogens with one attached hydrogen (secondary N) is 1. The van der Waals surface area contributed by atoms with Crippen molar-refractivity contribution in [3.05, 3.63) is 12.2 Å². The lowest BCUT2D eigenvalue weighted by Gasteiger charge is -2.20. The molecular weight excluding hydrogens is 1010 g/mol. The van der Waals surface area contributed by atoms with Crippen molar-refractivity contribution in [1.82, 2.24) is 5.32 Å². The molecule has 0 aliphatic carbocycles. The van der Waals surface area contributed by atoms with Crippen LogP contribution in [0.4, 0.5) is 0 Å². The van der Waals surface area contributed by atoms with Crippen LogP contribution in [0, 0.1) is 0 Å². The number of rotatable bonds is 72. The minimum atomic E-state index is -0.840. The minimum Gasteiger partial charge on any atom is -0.466 e. The van der Waals surface area contributed by atoms with E-state index in [1.165, 1.54) is 372 Å². The second kappa shape index (κ2) is 72.1. The smallest absolute Gasteiger partial charge is 0.305 e. The van der Waals surface area contributed by atoms with Gasteiger partial charge in [-0.2, -0.15) is 0 Å². The zero-order chi connectivity index (χ0) is 59.2. The number of aliphatic hydroxyl groups is 2. The third kappa shape index (κ3) is 67.7. The van der Waals surface area contributed by atoms with Crippen molar-refractivity contribution in [2.45, 2.75) is 450 Å². The summed E-state index contributed by atoms with van der Waals surface area (Å²) in [6, 6.07) is -0.623. The van der Waals surface area contributed by atoms with Crippen LogP contribution in [0.3, 0.4) is 0 Å². The summed E-state index contributed by atoms with van der Waals surface area (Å²) in [5.74, 6) is -0.0335. The Labute approximate surface area is 514 Å². The number of aliphatic hydroxyl groups excluding tert-OH is 2. The van der Waals surface area contributed by atoms with E-state index in [1.807, 2.05) is 6.08 Å². The maximum absolute atomic E-state index is 12.5. The highest BCUT2D eigenvalue weighted by atomic mass is 16.5. The molecule has 2 unspecified atom stereocenters. The predicted molar refractivity (Wildman–Crippen MR) is 361 cm³/mol. The number of carbonyl (C=O) groups excluding carboxylic acids is 2. The van der Waals surface area contributed by atoms with Gasteiger partial charge in [0.1, 0.15) is 0 Å². The van der Waals surface area contributed by atoms with Crippen LogP contribution in [0.2, 0.25) is 0 Å². The zero-order valence-corrected chi connectivity index (χ0v) is 56.0. The molecule has 0 aromatic heterocycles. The molecule has 0 saturated carbocycles. The number of hydrogen-bond donors (Lipinski definition) is 3. The fourth-order valence-corrected chi connectivity index (χ4v) is 12.3. The van der Waals surface area contributed by atoms with Gasteiger partial charge in [0.05, 0.1) is 25.4 Å². The average molecular weight is 1160 g/mol. The third-order valence-electron chi connectivity index (χ3n) is 18.1. The predicted octanol–water partition coefficient (Wildman–Crippen LogP) is 24.7. The number of amides is 1. The molecule has 0 fully saturated rings. The summed E-state index contributed by atoms with van der Waals surface area (Å²) in [7, 11) is 0. The van der Waals surface area contributed by atoms with Crippen LogP contribution in [0.5, 0.6) is 0 Å². The molecule has 0 rings (SSSR count). The monoisotopic (exact) mass is 1160 g/mol. The van der Waals surface area contributed by atoms with E-state index in [0.29, 0.717) is 19.4 Å². The lowest BCUT2D eigenvalue weighted by molar-refractivity contribution is -0.143. The summed E-state index contributed by atoms with van der Waals surface area (Å²) in [5.41, 5.74) is 0. The van der Waals surface area contributed by atoms with Gasteiger partial charge in [-0.15, -0.1) is 0 Å². The highest BCUT2D eigenvalue weighted by Crippen LogP contribution is 2.20. The summed E-state index contributed by atoms with van der Waals surface area (Å²) in [6.45, 7) is 4.96. The maximum atomic E-state index is 12.5. The van der Waals surface area contributed by atoms with Gasteiger partial charge in [-0.3, -0.25) is 9.59 Å². The highest BCUT2D eigenvalue weighted by molar-refractivity contribution is 5.76. The van der Waals surface area contributed by atoms with E-state index in [1.54, 1.807) is 6.08 Å². The van der Waals surface area contributed by atoms with Crippen LogP contribution >= 0.6 is 0 Å². The number of ether oxygens (including phenoxy) is 1. The molecule has 0 aromatic rings. The van der Waals surface area contributed by atoms with Gasteiger partial charge in [0.2, 0.25) is 5.91 Å². The van der Waals surface area contributed by atoms with E-state index in [4.69, 9.17) is 4.74 Å². The Balaban J connectivity index is 3.31. The standard InChI is InChI=1S/C76H149NO5/c1-3-5-7-9-11-13-15-17-19-40-44-48-52-56-60-64-68-74(79)73(72-78)77-75(80)69-65-61-57-53-49-45-41-38-36-34-32-30-28-26-24-22-21-23-25-27-29-31-33-35-37-39-43-47-51-55-59-63-67-71-82-76(81)70-66-62-58-54-50-46-42-20-18-16-14-12-10-8-6-4-2/h64,68,73-74,78-79H,3-63,65-67,69-72H2,1-2H3,(H,77,80)/b68-64+. The van der Waals surface area contributed by atoms with Gasteiger partial charge in [-0.1, -0.05) is 405 Å². The van der Waals surface area contributed by atoms with Gasteiger partial charge >= 0.3 is 5.97 Å². The van der Waals surface area contributed by atoms with Crippen LogP contribution < -0.4 is 5.32 Å². The molecule has 6 nitrogen and oxygen atoms in total. The summed E-state index contributed by atoms with van der Waals surface area (Å²) < 4.78 is 5.51. The fraction of sp³-hybridized carbons (Fsp3) is 0.947. The first kappa shape index (κ1) is 80.6. The molecule has 0 spiro atoms. The van der Waals surface area contributed by atoms with Crippen molar-refractivity contribution in [3.63, 3.8) is 0 Å². The molecule has 2 atom stereocenters. The number of hydrogen-bond acceptors (Lipinski definition) is 5. The number of carbonyl (C=O) groups is 2. The minimum absolute atomic E-state index is 0.0260. The first-order chi connectivity index (χ1) is 40.5. The van der Waals surface area contributed by atoms with Gasteiger partial charge in [0.15, 0.2) is 0 Å². The average Bonchev–Trinajstić information content (AvgIpc) is 3.48. The molecule has 0 aliphatic rings. The van der Waals surface area contributed by atoms with Crippen molar-refractivity contribution in [3.8, 4) is 0 Å². The third-order valence-corrected chi connectivity index (χ3v) is 18.1. The van der Waals surface area contributed by atoms with Crippen molar-refractivity contribution in [2.75, 3.05) is 13.2 Å². The topological polar surface area (TPSA) is 95.9 Å². The molecule has 82 heavy (non-hydrogen) atoms. The second-order valence-electron chi connectivity index (χ2n) is 26.4. The SMILES string of the molecule is CCCCCCCCCCCCCCCC/C=C/C(O)C(CO)NC(=O)CCCCCCCCCCCCCCCCCCCCCCCCCCCCCCCCCCCOC(=O)CCCCCCCCCCCCCCCCCC. The van der Waals surface area contributed by atoms with E-state index < -0.39 is 12.1 Å². The second-order valence-corrected chi connectivity index (χ2v) is 26.4. The number of allylic oxidation sites excluding steroid dienone is 1. The Morgan fingerprint density at radius 2 is 0.561 bits per heavy atom. The molecule has 0 radical (unpaired) electrons. The first-order valence-electron chi connectivity index (χ1n) is 38.0. The molecular formula is C76H149NO5. The Hall–Kier alpha value is -1.40. The first-order valence-corrected chi connectivity index (χ1v) is 38.0. The van der Waals surface area contributed by atoms with Crippen LogP contribution in [-0.2, 0) is 14.3 Å². The lowest BCUT2D eigenvalue weighted by atomic mass is 10.0. The van der Waals surface area contributed by atoms with Crippen LogP contribution in [0.1, 0.15) is 438 Å². The Kier molecular flexibility index (Phi) is 70.8. The van der Waals surface area contributed by atoms with E-state index in [9.17, 15) is 19.8 Å². The Bertz CT molecular complexity index is 1240. The molecule has 3 N–H and O–H groups in total. The van der Waals surface area contributed by atoms with E-state index in [2.05, 4.69) is 19.2 Å². The van der Waals surface area contributed by atoms with E-state index >= 15 is 0 Å². The molecule has 0 saturated heterocycles. The quantitative estimate of drug-likeness (QED) is 0.0320. The molecule has 488 valence electrons. The number of esters is 1. The Morgan fingerprint density at radius 1 is 0.329 bits per heavy atom. The van der Waals surface area contributed by atoms with Gasteiger partial charge in [0, 0.05) is 12.8 Å². The molecule has 6 heteroatoms. The van der Waals surface area contributed by atoms with Gasteiger partial charge in [-0.05, 0) is 32.1 Å². The van der Waals surface area contributed by atoms with Crippen molar-refractivity contribution in [2.24, 2.45) is 0 Å². The summed E-state index contributed by atoms with van der Waals surface area (Å²) in [5, 5.41) is 23.2. The number of unbranched alkanes of at least 4 members (excludes halogenated alkanes) is 61. The fourth-order valence-electron chi connectivity index (χ4n) is 12.3. The van der Waals surface area contributed by atoms with E-state index in [0.717, 1.165) is 38.5 Å². The van der Waals surface area contributed by atoms with Crippen molar-refractivity contribution < 1.29 is 24.5 Å². The van der Waals surface area contributed by atoms with E-state index in [-0.39, 0.29) is 18.5 Å². The largest absolute Gasteiger partial charge is 0.466 e. The summed E-state index contributed by atoms with van der Waals surface area (Å²) in [4.78, 5) is 24.6. The maximum Gasteiger partial charge on any atom is 0.305 e. The zero-order valence-electron chi connectivity index (χ0n) is 56.0. The molecule has 1 amide bonds. The summed E-state index contributed by atoms with van der Waals surface area (Å²) in [6.07, 6.45) is 90.4. The molecule has 0 aliphatic heterocycles. The highest BCUT2D eigenvalue weighted by Gasteiger charge is 2.18. The molecule has 0 aromatic carbocycles. The van der Waals surface area contributed by atoms with Crippen molar-refractivity contribution >= 4 is 11.9 Å². The van der Waals surface area contributed by atoms with Crippen LogP contribution in [-0.4, -0.2) is 47.4 Å².